The van der Waals surface area contributed by atoms with Gasteiger partial charge in [0.05, 0.1) is 0 Å². The van der Waals surface area contributed by atoms with E-state index in [1.807, 2.05) is 0 Å². The van der Waals surface area contributed by atoms with E-state index >= 15 is 0 Å². The molecule has 0 heterocycles. The van der Waals surface area contributed by atoms with E-state index in [1.54, 1.807) is 0 Å². The molecule has 0 saturated carbocycles. The summed E-state index contributed by atoms with van der Waals surface area (Å²) in [6.45, 7) is 8.71. The van der Waals surface area contributed by atoms with Crippen LogP contribution in [0.2, 0.25) is 13.1 Å². The molecule has 188 valence electrons. The number of benzene rings is 4. The van der Waals surface area contributed by atoms with Gasteiger partial charge in [0.2, 0.25) is 0 Å². The number of hydrogen-bond acceptors (Lipinski definition) is 0. The minimum absolute atomic E-state index is 0. The van der Waals surface area contributed by atoms with Gasteiger partial charge >= 0.3 is 26.2 Å². The van der Waals surface area contributed by atoms with Gasteiger partial charge in [0, 0.05) is 9.52 Å². The molecule has 6 rings (SSSR count). The third-order valence-electron chi connectivity index (χ3n) is 6.57. The molecule has 0 N–H and O–H groups in total. The first kappa shape index (κ1) is 29.8. The fourth-order valence-corrected chi connectivity index (χ4v) is 4.57. The molecule has 6 aromatic carbocycles. The molecule has 0 bridgehead atoms. The van der Waals surface area contributed by atoms with Crippen LogP contribution in [0, 0.1) is 0 Å². The van der Waals surface area contributed by atoms with Crippen LogP contribution in [0.4, 0.5) is 0 Å². The van der Waals surface area contributed by atoms with E-state index < -0.39 is 0 Å². The molecule has 0 aromatic heterocycles. The maximum atomic E-state index is 2.29. The maximum Gasteiger partial charge on any atom is 2.00 e. The Labute approximate surface area is 250 Å². The SMILES string of the molecule is CCc1cc2cc(-c3ccccc3)ccc2[cH-]1.CCc1cc2cc(-c3ccccc3)ccc2[cH-]1.C[Si]C.[Zr+2]. The van der Waals surface area contributed by atoms with E-state index in [9.17, 15) is 0 Å². The Balaban J connectivity index is 0.000000187. The fourth-order valence-electron chi connectivity index (χ4n) is 4.57. The number of rotatable bonds is 4. The van der Waals surface area contributed by atoms with Crippen molar-refractivity contribution < 1.29 is 26.2 Å². The van der Waals surface area contributed by atoms with Crippen molar-refractivity contribution in [2.24, 2.45) is 0 Å². The van der Waals surface area contributed by atoms with Crippen LogP contribution in [0.25, 0.3) is 43.8 Å². The summed E-state index contributed by atoms with van der Waals surface area (Å²) < 4.78 is 0. The Hall–Kier alpha value is -2.80. The molecule has 0 spiro atoms. The molecule has 0 saturated heterocycles. The Morgan fingerprint density at radius 2 is 0.868 bits per heavy atom. The van der Waals surface area contributed by atoms with E-state index in [1.165, 1.54) is 54.9 Å². The van der Waals surface area contributed by atoms with Crippen molar-refractivity contribution in [3.8, 4) is 22.3 Å². The molecule has 0 amide bonds. The van der Waals surface area contributed by atoms with Gasteiger partial charge in [0.25, 0.3) is 0 Å². The Kier molecular flexibility index (Phi) is 11.7. The fraction of sp³-hybridized carbons (Fsp3) is 0.167. The topological polar surface area (TPSA) is 0 Å². The van der Waals surface area contributed by atoms with Gasteiger partial charge < -0.3 is 0 Å². The van der Waals surface area contributed by atoms with Gasteiger partial charge in [-0.3, -0.25) is 0 Å². The van der Waals surface area contributed by atoms with Crippen molar-refractivity contribution in [2.75, 3.05) is 0 Å². The predicted molar refractivity (Wildman–Crippen MR) is 166 cm³/mol. The van der Waals surface area contributed by atoms with Gasteiger partial charge in [-0.1, -0.05) is 112 Å². The average Bonchev–Trinajstić information content (AvgIpc) is 3.57. The second-order valence-corrected chi connectivity index (χ2v) is 10.4. The van der Waals surface area contributed by atoms with E-state index in [2.05, 4.69) is 148 Å². The van der Waals surface area contributed by atoms with Crippen LogP contribution in [-0.2, 0) is 39.0 Å². The van der Waals surface area contributed by atoms with Crippen LogP contribution in [0.1, 0.15) is 25.0 Å². The molecule has 2 radical (unpaired) electrons. The van der Waals surface area contributed by atoms with Gasteiger partial charge in [-0.05, 0) is 35.1 Å². The molecular formula is C36H36SiZr. The van der Waals surface area contributed by atoms with Crippen LogP contribution in [-0.4, -0.2) is 9.52 Å². The zero-order valence-electron chi connectivity index (χ0n) is 23.0. The van der Waals surface area contributed by atoms with Crippen LogP contribution in [0.5, 0.6) is 0 Å². The Morgan fingerprint density at radius 3 is 1.21 bits per heavy atom. The standard InChI is InChI=1S/2C17H15.C2H6Si.Zr/c2*1-2-13-10-15-8-9-16(12-17(15)11-13)14-6-4-3-5-7-14;1-3-2;/h2*3-12H,2H2,1H3;1-2H3;/q2*-1;;+2. The molecule has 0 atom stereocenters. The van der Waals surface area contributed by atoms with E-state index in [0.717, 1.165) is 22.4 Å². The first-order valence-electron chi connectivity index (χ1n) is 13.2. The quantitative estimate of drug-likeness (QED) is 0.142. The monoisotopic (exact) mass is 586 g/mol. The summed E-state index contributed by atoms with van der Waals surface area (Å²) in [5, 5.41) is 5.40. The first-order valence-corrected chi connectivity index (χ1v) is 15.2. The second-order valence-electron chi connectivity index (χ2n) is 9.35. The van der Waals surface area contributed by atoms with Crippen molar-refractivity contribution >= 4 is 31.1 Å². The average molecular weight is 588 g/mol. The molecule has 0 aliphatic heterocycles. The largest absolute Gasteiger partial charge is 2.00 e. The van der Waals surface area contributed by atoms with Crippen LogP contribution in [0.15, 0.2) is 121 Å². The summed E-state index contributed by atoms with van der Waals surface area (Å²) in [5.41, 5.74) is 8.01. The molecule has 0 nitrogen and oxygen atoms in total. The van der Waals surface area contributed by atoms with Crippen molar-refractivity contribution in [1.82, 2.24) is 0 Å². The summed E-state index contributed by atoms with van der Waals surface area (Å²) in [5.74, 6) is 0. The van der Waals surface area contributed by atoms with E-state index in [4.69, 9.17) is 0 Å². The third-order valence-corrected chi connectivity index (χ3v) is 6.57. The van der Waals surface area contributed by atoms with E-state index in [0.29, 0.717) is 0 Å². The van der Waals surface area contributed by atoms with Gasteiger partial charge in [-0.15, -0.1) is 56.9 Å². The first-order chi connectivity index (χ1) is 18.1. The van der Waals surface area contributed by atoms with Crippen molar-refractivity contribution in [1.29, 1.82) is 0 Å². The zero-order valence-corrected chi connectivity index (χ0v) is 26.4. The van der Waals surface area contributed by atoms with Gasteiger partial charge in [-0.25, -0.2) is 0 Å². The van der Waals surface area contributed by atoms with Gasteiger partial charge in [0.15, 0.2) is 0 Å². The van der Waals surface area contributed by atoms with Crippen LogP contribution < -0.4 is 0 Å². The van der Waals surface area contributed by atoms with Crippen LogP contribution >= 0.6 is 0 Å². The summed E-state index contributed by atoms with van der Waals surface area (Å²) in [4.78, 5) is 0. The summed E-state index contributed by atoms with van der Waals surface area (Å²) in [6.07, 6.45) is 2.21. The molecule has 38 heavy (non-hydrogen) atoms. The summed E-state index contributed by atoms with van der Waals surface area (Å²) in [7, 11) is 1.08. The molecular weight excluding hydrogens is 552 g/mol. The predicted octanol–water partition coefficient (Wildman–Crippen LogP) is 10.4. The van der Waals surface area contributed by atoms with Crippen molar-refractivity contribution in [3.05, 3.63) is 132 Å². The number of fused-ring (bicyclic) bond motifs is 2. The van der Waals surface area contributed by atoms with Crippen LogP contribution in [0.3, 0.4) is 0 Å². The summed E-state index contributed by atoms with van der Waals surface area (Å²) in [6, 6.07) is 43.6. The van der Waals surface area contributed by atoms with E-state index in [-0.39, 0.29) is 26.2 Å². The molecule has 2 heteroatoms. The minimum Gasteiger partial charge on any atom is -0.165 e. The van der Waals surface area contributed by atoms with Gasteiger partial charge in [0.1, 0.15) is 0 Å². The third kappa shape index (κ3) is 7.62. The van der Waals surface area contributed by atoms with Crippen molar-refractivity contribution in [2.45, 2.75) is 39.8 Å². The maximum absolute atomic E-state index is 2.29. The normalized spacial score (nSPS) is 10.2. The molecule has 0 aliphatic carbocycles. The van der Waals surface area contributed by atoms with Gasteiger partial charge in [-0.2, -0.15) is 12.1 Å². The van der Waals surface area contributed by atoms with Crippen molar-refractivity contribution in [3.63, 3.8) is 0 Å². The second kappa shape index (κ2) is 15.0. The number of aryl methyl sites for hydroxylation is 2. The molecule has 0 aliphatic rings. The molecule has 0 fully saturated rings. The minimum atomic E-state index is 0. The molecule has 6 aromatic rings. The Bertz CT molecular complexity index is 1410. The summed E-state index contributed by atoms with van der Waals surface area (Å²) >= 11 is 0. The molecule has 0 unspecified atom stereocenters. The number of hydrogen-bond donors (Lipinski definition) is 0. The smallest absolute Gasteiger partial charge is 0.165 e. The Morgan fingerprint density at radius 1 is 0.500 bits per heavy atom. The zero-order chi connectivity index (χ0) is 26.0.